The first-order valence-corrected chi connectivity index (χ1v) is 7.18. The topological polar surface area (TPSA) is 46.5 Å². The second-order valence-electron chi connectivity index (χ2n) is 6.26. The number of aliphatic hydroxyl groups excluding tert-OH is 1. The van der Waals surface area contributed by atoms with E-state index in [9.17, 15) is 31.1 Å². The summed E-state index contributed by atoms with van der Waals surface area (Å²) in [5.41, 5.74) is -3.19. The fraction of sp³-hybridized carbons (Fsp3) is 0.438. The Labute approximate surface area is 138 Å². The molecule has 1 saturated carbocycles. The molecule has 9 heteroatoms. The number of carbonyl (C=O) groups is 1. The summed E-state index contributed by atoms with van der Waals surface area (Å²) >= 11 is 0. The molecule has 0 spiro atoms. The Morgan fingerprint density at radius 1 is 1.08 bits per heavy atom. The predicted molar refractivity (Wildman–Crippen MR) is 73.1 cm³/mol. The average Bonchev–Trinajstić information content (AvgIpc) is 3.05. The molecule has 0 heterocycles. The molecule has 1 N–H and O–H groups in total. The van der Waals surface area contributed by atoms with Gasteiger partial charge in [0.05, 0.1) is 23.7 Å². The number of esters is 1. The first-order chi connectivity index (χ1) is 11.5. The Morgan fingerprint density at radius 2 is 1.56 bits per heavy atom. The maximum atomic E-state index is 13.8. The molecular weight excluding hydrogens is 354 g/mol. The van der Waals surface area contributed by atoms with Gasteiger partial charge in [-0.1, -0.05) is 13.8 Å². The van der Waals surface area contributed by atoms with Gasteiger partial charge in [-0.15, -0.1) is 0 Å². The lowest BCUT2D eigenvalue weighted by Crippen LogP contribution is -2.14. The van der Waals surface area contributed by atoms with Crippen LogP contribution >= 0.6 is 0 Å². The number of aliphatic hydroxyl groups is 1. The molecule has 25 heavy (non-hydrogen) atoms. The van der Waals surface area contributed by atoms with Crippen LogP contribution in [-0.2, 0) is 22.7 Å². The summed E-state index contributed by atoms with van der Waals surface area (Å²) in [6, 6.07) is 0. The SMILES string of the molecule is CC1(C)[C@@H](C=C(F)F)[C@@H]1C(=O)OCc1c(F)c(F)c(CO)c(F)c1F. The number of hydrogen-bond acceptors (Lipinski definition) is 3. The van der Waals surface area contributed by atoms with Gasteiger partial charge < -0.3 is 9.84 Å². The van der Waals surface area contributed by atoms with Crippen molar-refractivity contribution in [2.75, 3.05) is 0 Å². The van der Waals surface area contributed by atoms with E-state index >= 15 is 0 Å². The second-order valence-corrected chi connectivity index (χ2v) is 6.26. The Balaban J connectivity index is 2.18. The third-order valence-corrected chi connectivity index (χ3v) is 4.43. The minimum atomic E-state index is -1.98. The maximum Gasteiger partial charge on any atom is 0.310 e. The number of ether oxygens (including phenoxy) is 1. The molecule has 0 saturated heterocycles. The molecule has 2 rings (SSSR count). The highest BCUT2D eigenvalue weighted by molar-refractivity contribution is 5.78. The third kappa shape index (κ3) is 3.37. The summed E-state index contributed by atoms with van der Waals surface area (Å²) in [5, 5.41) is 8.73. The molecule has 1 aromatic rings. The van der Waals surface area contributed by atoms with Crippen molar-refractivity contribution in [2.45, 2.75) is 27.1 Å². The smallest absolute Gasteiger partial charge is 0.310 e. The quantitative estimate of drug-likeness (QED) is 0.488. The van der Waals surface area contributed by atoms with Crippen molar-refractivity contribution in [3.05, 3.63) is 46.6 Å². The van der Waals surface area contributed by atoms with Crippen molar-refractivity contribution in [1.82, 2.24) is 0 Å². The van der Waals surface area contributed by atoms with Crippen LogP contribution in [0.25, 0.3) is 0 Å². The van der Waals surface area contributed by atoms with Crippen LogP contribution in [0.2, 0.25) is 0 Å². The molecule has 2 atom stereocenters. The Kier molecular flexibility index (Phi) is 5.17. The van der Waals surface area contributed by atoms with Gasteiger partial charge in [0.15, 0.2) is 23.3 Å². The first kappa shape index (κ1) is 19.3. The van der Waals surface area contributed by atoms with Crippen LogP contribution in [-0.4, -0.2) is 11.1 Å². The van der Waals surface area contributed by atoms with E-state index in [1.807, 2.05) is 0 Å². The molecule has 138 valence electrons. The molecule has 0 amide bonds. The molecule has 0 aromatic heterocycles. The first-order valence-electron chi connectivity index (χ1n) is 7.18. The zero-order valence-corrected chi connectivity index (χ0v) is 13.2. The van der Waals surface area contributed by atoms with Gasteiger partial charge in [-0.2, -0.15) is 8.78 Å². The van der Waals surface area contributed by atoms with Gasteiger partial charge >= 0.3 is 5.97 Å². The zero-order valence-electron chi connectivity index (χ0n) is 13.2. The van der Waals surface area contributed by atoms with E-state index in [2.05, 4.69) is 4.74 Å². The van der Waals surface area contributed by atoms with E-state index in [0.717, 1.165) is 0 Å². The standard InChI is InChI=1S/C16H14F6O3/c1-16(2)8(3-9(17)18)10(16)15(24)25-5-7-13(21)11(19)6(4-23)12(20)14(7)22/h3,8,10,23H,4-5H2,1-2H3/t8-,10+/m0/s1. The molecule has 1 aliphatic rings. The van der Waals surface area contributed by atoms with Crippen LogP contribution < -0.4 is 0 Å². The normalized spacial score (nSPS) is 21.0. The summed E-state index contributed by atoms with van der Waals surface area (Å²) in [4.78, 5) is 11.9. The molecule has 1 fully saturated rings. The predicted octanol–water partition coefficient (Wildman–Crippen LogP) is 3.83. The summed E-state index contributed by atoms with van der Waals surface area (Å²) in [6.07, 6.45) is -1.39. The van der Waals surface area contributed by atoms with E-state index in [4.69, 9.17) is 5.11 Å². The molecule has 3 nitrogen and oxygen atoms in total. The van der Waals surface area contributed by atoms with Crippen molar-refractivity contribution in [1.29, 1.82) is 0 Å². The minimum absolute atomic E-state index is 0.586. The molecule has 1 aliphatic carbocycles. The molecule has 0 aliphatic heterocycles. The monoisotopic (exact) mass is 368 g/mol. The fourth-order valence-electron chi connectivity index (χ4n) is 2.80. The third-order valence-electron chi connectivity index (χ3n) is 4.43. The second kappa shape index (κ2) is 6.70. The number of halogens is 6. The van der Waals surface area contributed by atoms with Crippen molar-refractivity contribution < 1.29 is 41.0 Å². The largest absolute Gasteiger partial charge is 0.460 e. The van der Waals surface area contributed by atoms with E-state index in [1.54, 1.807) is 0 Å². The highest BCUT2D eigenvalue weighted by Gasteiger charge is 2.62. The number of benzene rings is 1. The van der Waals surface area contributed by atoms with Gasteiger partial charge in [-0.25, -0.2) is 17.6 Å². The Morgan fingerprint density at radius 3 is 2.00 bits per heavy atom. The lowest BCUT2D eigenvalue weighted by atomic mass is 10.1. The van der Waals surface area contributed by atoms with Crippen LogP contribution in [0.1, 0.15) is 25.0 Å². The summed E-state index contributed by atoms with van der Waals surface area (Å²) in [6.45, 7) is 0.682. The molecule has 0 bridgehead atoms. The van der Waals surface area contributed by atoms with E-state index < -0.39 is 76.9 Å². The summed E-state index contributed by atoms with van der Waals surface area (Å²) < 4.78 is 84.0. The molecule has 0 radical (unpaired) electrons. The number of carbonyl (C=O) groups excluding carboxylic acids is 1. The highest BCUT2D eigenvalue weighted by atomic mass is 19.3. The van der Waals surface area contributed by atoms with Crippen LogP contribution in [0.3, 0.4) is 0 Å². The molecular formula is C16H14F6O3. The Bertz CT molecular complexity index is 711. The zero-order chi connectivity index (χ0) is 19.1. The molecule has 0 unspecified atom stereocenters. The average molecular weight is 368 g/mol. The van der Waals surface area contributed by atoms with Crippen LogP contribution in [0.4, 0.5) is 26.3 Å². The van der Waals surface area contributed by atoms with Gasteiger partial charge in [-0.3, -0.25) is 4.79 Å². The summed E-state index contributed by atoms with van der Waals surface area (Å²) in [5.74, 6) is -9.97. The van der Waals surface area contributed by atoms with Gasteiger partial charge in [0.2, 0.25) is 0 Å². The highest BCUT2D eigenvalue weighted by Crippen LogP contribution is 2.60. The molecule has 1 aromatic carbocycles. The van der Waals surface area contributed by atoms with Gasteiger partial charge in [0, 0.05) is 5.92 Å². The number of allylic oxidation sites excluding steroid dienone is 1. The van der Waals surface area contributed by atoms with Crippen LogP contribution in [0, 0.1) is 40.5 Å². The van der Waals surface area contributed by atoms with E-state index in [1.165, 1.54) is 13.8 Å². The lowest BCUT2D eigenvalue weighted by molar-refractivity contribution is -0.147. The van der Waals surface area contributed by atoms with Crippen molar-refractivity contribution in [3.8, 4) is 0 Å². The van der Waals surface area contributed by atoms with E-state index in [0.29, 0.717) is 6.08 Å². The minimum Gasteiger partial charge on any atom is -0.460 e. The Hall–Kier alpha value is -2.03. The number of hydrogen-bond donors (Lipinski definition) is 1. The van der Waals surface area contributed by atoms with Gasteiger partial charge in [0.1, 0.15) is 6.61 Å². The summed E-state index contributed by atoms with van der Waals surface area (Å²) in [7, 11) is 0. The van der Waals surface area contributed by atoms with Crippen molar-refractivity contribution in [2.24, 2.45) is 17.3 Å². The fourth-order valence-corrected chi connectivity index (χ4v) is 2.80. The lowest BCUT2D eigenvalue weighted by Gasteiger charge is -2.11. The van der Waals surface area contributed by atoms with Gasteiger partial charge in [-0.05, 0) is 11.5 Å². The van der Waals surface area contributed by atoms with Gasteiger partial charge in [0.25, 0.3) is 6.08 Å². The van der Waals surface area contributed by atoms with Crippen molar-refractivity contribution in [3.63, 3.8) is 0 Å². The van der Waals surface area contributed by atoms with Crippen LogP contribution in [0.15, 0.2) is 12.2 Å². The van der Waals surface area contributed by atoms with Crippen LogP contribution in [0.5, 0.6) is 0 Å². The van der Waals surface area contributed by atoms with Crippen molar-refractivity contribution >= 4 is 5.97 Å². The number of rotatable bonds is 5. The maximum absolute atomic E-state index is 13.8. The van der Waals surface area contributed by atoms with E-state index in [-0.39, 0.29) is 0 Å².